The van der Waals surface area contributed by atoms with E-state index < -0.39 is 6.10 Å². The number of hydrogen-bond donors (Lipinski definition) is 0. The van der Waals surface area contributed by atoms with Crippen LogP contribution in [0.1, 0.15) is 17.6 Å². The van der Waals surface area contributed by atoms with Crippen molar-refractivity contribution in [3.05, 3.63) is 55.0 Å². The SMILES string of the molecule is C=CC([O])c1ccc(Cn2ccnc2)o1. The van der Waals surface area contributed by atoms with Crippen molar-refractivity contribution in [3.63, 3.8) is 0 Å². The fourth-order valence-electron chi connectivity index (χ4n) is 1.31. The van der Waals surface area contributed by atoms with Gasteiger partial charge < -0.3 is 8.98 Å². The zero-order chi connectivity index (χ0) is 10.7. The maximum atomic E-state index is 11.3. The molecule has 15 heavy (non-hydrogen) atoms. The van der Waals surface area contributed by atoms with Gasteiger partial charge in [0.05, 0.1) is 12.9 Å². The molecule has 4 heteroatoms. The molecule has 1 unspecified atom stereocenters. The van der Waals surface area contributed by atoms with Crippen LogP contribution in [0, 0.1) is 0 Å². The Kier molecular flexibility index (Phi) is 2.69. The van der Waals surface area contributed by atoms with Gasteiger partial charge >= 0.3 is 0 Å². The van der Waals surface area contributed by atoms with E-state index in [2.05, 4.69) is 11.6 Å². The highest BCUT2D eigenvalue weighted by atomic mass is 16.4. The van der Waals surface area contributed by atoms with Crippen molar-refractivity contribution < 1.29 is 9.52 Å². The molecule has 2 rings (SSSR count). The van der Waals surface area contributed by atoms with Crippen LogP contribution in [0.4, 0.5) is 0 Å². The first-order valence-electron chi connectivity index (χ1n) is 4.62. The van der Waals surface area contributed by atoms with E-state index in [4.69, 9.17) is 4.42 Å². The molecular formula is C11H11N2O2. The van der Waals surface area contributed by atoms with Gasteiger partial charge in [-0.15, -0.1) is 0 Å². The first-order valence-corrected chi connectivity index (χ1v) is 4.62. The number of hydrogen-bond acceptors (Lipinski definition) is 2. The lowest BCUT2D eigenvalue weighted by molar-refractivity contribution is 0.109. The summed E-state index contributed by atoms with van der Waals surface area (Å²) in [6.45, 7) is 4.02. The molecule has 2 aromatic heterocycles. The molecule has 0 amide bonds. The Labute approximate surface area is 87.5 Å². The molecule has 0 aliphatic heterocycles. The Morgan fingerprint density at radius 1 is 1.60 bits per heavy atom. The third kappa shape index (κ3) is 2.16. The van der Waals surface area contributed by atoms with E-state index in [9.17, 15) is 5.11 Å². The van der Waals surface area contributed by atoms with Gasteiger partial charge in [0.2, 0.25) is 0 Å². The van der Waals surface area contributed by atoms with E-state index in [1.165, 1.54) is 6.08 Å². The highest BCUT2D eigenvalue weighted by molar-refractivity contribution is 5.12. The first kappa shape index (κ1) is 9.73. The Morgan fingerprint density at radius 2 is 2.47 bits per heavy atom. The van der Waals surface area contributed by atoms with Crippen molar-refractivity contribution in [1.29, 1.82) is 0 Å². The van der Waals surface area contributed by atoms with E-state index in [1.807, 2.05) is 10.8 Å². The fourth-order valence-corrected chi connectivity index (χ4v) is 1.31. The molecule has 1 atom stereocenters. The molecule has 0 saturated heterocycles. The third-order valence-electron chi connectivity index (χ3n) is 2.07. The Balaban J connectivity index is 2.10. The largest absolute Gasteiger partial charge is 0.461 e. The molecule has 0 aromatic carbocycles. The topological polar surface area (TPSA) is 50.9 Å². The van der Waals surface area contributed by atoms with Crippen molar-refractivity contribution >= 4 is 0 Å². The standard InChI is InChI=1S/C11H11N2O2/c1-2-10(14)11-4-3-9(15-11)7-13-6-5-12-8-13/h2-6,8,10H,1,7H2. The Hall–Kier alpha value is -1.81. The second kappa shape index (κ2) is 4.14. The Bertz CT molecular complexity index is 431. The molecule has 2 heterocycles. The zero-order valence-corrected chi connectivity index (χ0v) is 8.17. The predicted octanol–water partition coefficient (Wildman–Crippen LogP) is 2.18. The minimum absolute atomic E-state index is 0.403. The molecule has 2 aromatic rings. The summed E-state index contributed by atoms with van der Waals surface area (Å²) < 4.78 is 7.25. The van der Waals surface area contributed by atoms with Crippen LogP contribution in [0.2, 0.25) is 0 Å². The highest BCUT2D eigenvalue weighted by Gasteiger charge is 2.10. The van der Waals surface area contributed by atoms with Gasteiger partial charge in [-0.25, -0.2) is 10.1 Å². The molecule has 77 valence electrons. The molecule has 0 aliphatic rings. The molecular weight excluding hydrogens is 192 g/mol. The minimum atomic E-state index is -0.985. The summed E-state index contributed by atoms with van der Waals surface area (Å²) >= 11 is 0. The van der Waals surface area contributed by atoms with Crippen molar-refractivity contribution in [2.45, 2.75) is 12.6 Å². The maximum absolute atomic E-state index is 11.3. The molecule has 0 bridgehead atoms. The van der Waals surface area contributed by atoms with Crippen molar-refractivity contribution in [2.24, 2.45) is 0 Å². The molecule has 0 saturated carbocycles. The molecule has 0 aliphatic carbocycles. The molecule has 0 spiro atoms. The number of aromatic nitrogens is 2. The average Bonchev–Trinajstić information content (AvgIpc) is 2.88. The fraction of sp³-hybridized carbons (Fsp3) is 0.182. The van der Waals surface area contributed by atoms with E-state index in [1.54, 1.807) is 24.7 Å². The van der Waals surface area contributed by atoms with E-state index in [0.717, 1.165) is 5.76 Å². The Morgan fingerprint density at radius 3 is 3.13 bits per heavy atom. The summed E-state index contributed by atoms with van der Waals surface area (Å²) in [5.74, 6) is 1.14. The average molecular weight is 203 g/mol. The van der Waals surface area contributed by atoms with E-state index in [0.29, 0.717) is 12.3 Å². The third-order valence-corrected chi connectivity index (χ3v) is 2.07. The second-order valence-corrected chi connectivity index (χ2v) is 3.20. The number of nitrogens with zero attached hydrogens (tertiary/aromatic N) is 2. The minimum Gasteiger partial charge on any atom is -0.461 e. The van der Waals surface area contributed by atoms with Crippen molar-refractivity contribution in [2.75, 3.05) is 0 Å². The number of imidazole rings is 1. The molecule has 4 nitrogen and oxygen atoms in total. The monoisotopic (exact) mass is 203 g/mol. The van der Waals surface area contributed by atoms with Gasteiger partial charge in [0.25, 0.3) is 0 Å². The van der Waals surface area contributed by atoms with Gasteiger partial charge in [-0.1, -0.05) is 12.7 Å². The van der Waals surface area contributed by atoms with Crippen LogP contribution in [-0.4, -0.2) is 9.55 Å². The first-order chi connectivity index (χ1) is 7.29. The highest BCUT2D eigenvalue weighted by Crippen LogP contribution is 2.18. The van der Waals surface area contributed by atoms with Gasteiger partial charge in [-0.3, -0.25) is 0 Å². The van der Waals surface area contributed by atoms with Crippen LogP contribution in [0.5, 0.6) is 0 Å². The number of furan rings is 1. The summed E-state index contributed by atoms with van der Waals surface area (Å²) in [7, 11) is 0. The normalized spacial score (nSPS) is 12.6. The second-order valence-electron chi connectivity index (χ2n) is 3.20. The van der Waals surface area contributed by atoms with Gasteiger partial charge in [-0.05, 0) is 12.1 Å². The summed E-state index contributed by atoms with van der Waals surface area (Å²) in [6.07, 6.45) is 5.57. The number of rotatable bonds is 4. The summed E-state index contributed by atoms with van der Waals surface area (Å²) in [5, 5.41) is 11.3. The predicted molar refractivity (Wildman–Crippen MR) is 53.7 cm³/mol. The molecule has 0 fully saturated rings. The lowest BCUT2D eigenvalue weighted by Crippen LogP contribution is -1.94. The summed E-state index contributed by atoms with van der Waals surface area (Å²) in [4.78, 5) is 3.92. The van der Waals surface area contributed by atoms with Crippen LogP contribution in [-0.2, 0) is 11.7 Å². The van der Waals surface area contributed by atoms with Crippen LogP contribution in [0.25, 0.3) is 0 Å². The van der Waals surface area contributed by atoms with Gasteiger partial charge in [0.1, 0.15) is 11.5 Å². The van der Waals surface area contributed by atoms with Crippen molar-refractivity contribution in [3.8, 4) is 0 Å². The van der Waals surface area contributed by atoms with E-state index in [-0.39, 0.29) is 0 Å². The lowest BCUT2D eigenvalue weighted by Gasteiger charge is -1.99. The van der Waals surface area contributed by atoms with Crippen LogP contribution in [0.3, 0.4) is 0 Å². The smallest absolute Gasteiger partial charge is 0.168 e. The van der Waals surface area contributed by atoms with Crippen molar-refractivity contribution in [1.82, 2.24) is 9.55 Å². The molecule has 1 radical (unpaired) electrons. The maximum Gasteiger partial charge on any atom is 0.168 e. The quantitative estimate of drug-likeness (QED) is 0.715. The lowest BCUT2D eigenvalue weighted by atomic mass is 10.3. The van der Waals surface area contributed by atoms with Crippen LogP contribution >= 0.6 is 0 Å². The van der Waals surface area contributed by atoms with E-state index >= 15 is 0 Å². The van der Waals surface area contributed by atoms with Gasteiger partial charge in [0, 0.05) is 12.4 Å². The van der Waals surface area contributed by atoms with Gasteiger partial charge in [0.15, 0.2) is 6.10 Å². The van der Waals surface area contributed by atoms with Crippen LogP contribution in [0.15, 0.2) is 47.9 Å². The summed E-state index contributed by atoms with van der Waals surface area (Å²) in [5.41, 5.74) is 0. The van der Waals surface area contributed by atoms with Gasteiger partial charge in [-0.2, -0.15) is 0 Å². The zero-order valence-electron chi connectivity index (χ0n) is 8.17. The molecule has 0 N–H and O–H groups in total. The van der Waals surface area contributed by atoms with Crippen LogP contribution < -0.4 is 0 Å². The summed E-state index contributed by atoms with van der Waals surface area (Å²) in [6, 6.07) is 3.48.